The van der Waals surface area contributed by atoms with Crippen molar-refractivity contribution >= 4 is 33.6 Å². The summed E-state index contributed by atoms with van der Waals surface area (Å²) < 4.78 is 19.2. The molecule has 2 N–H and O–H groups in total. The Morgan fingerprint density at radius 2 is 2.35 bits per heavy atom. The molecule has 0 saturated carbocycles. The predicted octanol–water partition coefficient (Wildman–Crippen LogP) is 2.49. The van der Waals surface area contributed by atoms with Crippen LogP contribution in [0.4, 0.5) is 4.39 Å². The molecule has 0 saturated heterocycles. The number of halogens is 2. The first-order chi connectivity index (χ1) is 8.06. The lowest BCUT2D eigenvalue weighted by Gasteiger charge is -2.14. The molecule has 17 heavy (non-hydrogen) atoms. The van der Waals surface area contributed by atoms with Crippen molar-refractivity contribution < 1.29 is 13.9 Å². The number of nitrogens with two attached hydrogens (primary N) is 1. The van der Waals surface area contributed by atoms with Crippen LogP contribution in [-0.4, -0.2) is 25.4 Å². The Kier molecular flexibility index (Phi) is 5.94. The monoisotopic (exact) mass is 321 g/mol. The zero-order valence-corrected chi connectivity index (χ0v) is 11.7. The third-order valence-corrected chi connectivity index (χ3v) is 3.79. The maximum Gasteiger partial charge on any atom is 0.235 e. The van der Waals surface area contributed by atoms with E-state index in [4.69, 9.17) is 10.5 Å². The van der Waals surface area contributed by atoms with E-state index >= 15 is 0 Å². The van der Waals surface area contributed by atoms with Gasteiger partial charge >= 0.3 is 0 Å². The molecule has 1 rings (SSSR count). The summed E-state index contributed by atoms with van der Waals surface area (Å²) in [5, 5.41) is -0.682. The second kappa shape index (κ2) is 6.98. The molecule has 1 amide bonds. The quantitative estimate of drug-likeness (QED) is 0.819. The molecule has 0 aromatic heterocycles. The van der Waals surface area contributed by atoms with Crippen LogP contribution < -0.4 is 5.73 Å². The van der Waals surface area contributed by atoms with Crippen molar-refractivity contribution in [2.45, 2.75) is 5.25 Å². The summed E-state index contributed by atoms with van der Waals surface area (Å²) in [5.41, 5.74) is 5.59. The van der Waals surface area contributed by atoms with Gasteiger partial charge in [-0.3, -0.25) is 4.79 Å². The lowest BCUT2D eigenvalue weighted by molar-refractivity contribution is -0.117. The number of carbonyl (C=O) groups excluding carboxylic acids is 1. The first-order valence-electron chi connectivity index (χ1n) is 4.91. The van der Waals surface area contributed by atoms with E-state index in [-0.39, 0.29) is 0 Å². The SMILES string of the molecule is COCCSC(C(N)=O)c1ccc(Br)cc1F. The molecule has 0 aliphatic rings. The molecule has 1 aromatic carbocycles. The molecular formula is C11H13BrFNO2S. The lowest BCUT2D eigenvalue weighted by Crippen LogP contribution is -2.20. The van der Waals surface area contributed by atoms with Gasteiger partial charge in [-0.25, -0.2) is 4.39 Å². The summed E-state index contributed by atoms with van der Waals surface area (Å²) in [4.78, 5) is 11.3. The fourth-order valence-corrected chi connectivity index (χ4v) is 2.66. The van der Waals surface area contributed by atoms with Crippen LogP contribution in [0.25, 0.3) is 0 Å². The molecule has 1 aromatic rings. The number of benzene rings is 1. The van der Waals surface area contributed by atoms with Crippen LogP contribution in [-0.2, 0) is 9.53 Å². The molecule has 0 fully saturated rings. The number of thioether (sulfide) groups is 1. The van der Waals surface area contributed by atoms with Crippen LogP contribution in [0.1, 0.15) is 10.8 Å². The summed E-state index contributed by atoms with van der Waals surface area (Å²) >= 11 is 4.44. The first kappa shape index (κ1) is 14.5. The maximum absolute atomic E-state index is 13.7. The van der Waals surface area contributed by atoms with Gasteiger partial charge < -0.3 is 10.5 Å². The topological polar surface area (TPSA) is 52.3 Å². The zero-order chi connectivity index (χ0) is 12.8. The predicted molar refractivity (Wildman–Crippen MR) is 70.4 cm³/mol. The van der Waals surface area contributed by atoms with Gasteiger partial charge in [-0.05, 0) is 12.1 Å². The van der Waals surface area contributed by atoms with E-state index in [0.29, 0.717) is 22.4 Å². The zero-order valence-electron chi connectivity index (χ0n) is 9.28. The van der Waals surface area contributed by atoms with Gasteiger partial charge in [0.1, 0.15) is 11.1 Å². The standard InChI is InChI=1S/C11H13BrFNO2S/c1-16-4-5-17-10(11(14)15)8-3-2-7(12)6-9(8)13/h2-3,6,10H,4-5H2,1H3,(H2,14,15). The maximum atomic E-state index is 13.7. The van der Waals surface area contributed by atoms with E-state index in [9.17, 15) is 9.18 Å². The molecule has 0 radical (unpaired) electrons. The van der Waals surface area contributed by atoms with Gasteiger partial charge in [0.2, 0.25) is 5.91 Å². The third kappa shape index (κ3) is 4.29. The van der Waals surface area contributed by atoms with Gasteiger partial charge in [-0.15, -0.1) is 11.8 Å². The minimum atomic E-state index is -0.682. The number of amides is 1. The van der Waals surface area contributed by atoms with E-state index in [1.54, 1.807) is 19.2 Å². The summed E-state index contributed by atoms with van der Waals surface area (Å²) in [5.74, 6) is -0.403. The molecule has 0 spiro atoms. The van der Waals surface area contributed by atoms with Crippen molar-refractivity contribution in [3.8, 4) is 0 Å². The number of methoxy groups -OCH3 is 1. The van der Waals surface area contributed by atoms with Crippen LogP contribution >= 0.6 is 27.7 Å². The molecule has 94 valence electrons. The van der Waals surface area contributed by atoms with Gasteiger partial charge in [-0.1, -0.05) is 22.0 Å². The number of hydrogen-bond acceptors (Lipinski definition) is 3. The largest absolute Gasteiger partial charge is 0.384 e. The average Bonchev–Trinajstić information content (AvgIpc) is 2.25. The van der Waals surface area contributed by atoms with Crippen LogP contribution in [0.2, 0.25) is 0 Å². The van der Waals surface area contributed by atoms with Gasteiger partial charge in [-0.2, -0.15) is 0 Å². The molecular weight excluding hydrogens is 309 g/mol. The van der Waals surface area contributed by atoms with Crippen molar-refractivity contribution in [2.75, 3.05) is 19.5 Å². The molecule has 0 heterocycles. The van der Waals surface area contributed by atoms with E-state index in [1.165, 1.54) is 17.8 Å². The Morgan fingerprint density at radius 1 is 1.65 bits per heavy atom. The first-order valence-corrected chi connectivity index (χ1v) is 6.75. The highest BCUT2D eigenvalue weighted by atomic mass is 79.9. The summed E-state index contributed by atoms with van der Waals surface area (Å²) in [6, 6.07) is 4.57. The molecule has 0 bridgehead atoms. The highest BCUT2D eigenvalue weighted by molar-refractivity contribution is 9.10. The normalized spacial score (nSPS) is 12.4. The van der Waals surface area contributed by atoms with E-state index in [0.717, 1.165) is 0 Å². The lowest BCUT2D eigenvalue weighted by atomic mass is 10.1. The van der Waals surface area contributed by atoms with Crippen molar-refractivity contribution in [1.82, 2.24) is 0 Å². The van der Waals surface area contributed by atoms with Gasteiger partial charge in [0.25, 0.3) is 0 Å². The van der Waals surface area contributed by atoms with Crippen LogP contribution in [0.5, 0.6) is 0 Å². The number of rotatable bonds is 6. The summed E-state index contributed by atoms with van der Waals surface area (Å²) in [7, 11) is 1.57. The van der Waals surface area contributed by atoms with E-state index in [1.807, 2.05) is 0 Å². The third-order valence-electron chi connectivity index (χ3n) is 2.08. The van der Waals surface area contributed by atoms with E-state index < -0.39 is 17.0 Å². The van der Waals surface area contributed by atoms with Gasteiger partial charge in [0.05, 0.1) is 6.61 Å². The minimum Gasteiger partial charge on any atom is -0.384 e. The molecule has 1 unspecified atom stereocenters. The molecule has 6 heteroatoms. The number of carbonyl (C=O) groups is 1. The average molecular weight is 322 g/mol. The molecule has 1 atom stereocenters. The Morgan fingerprint density at radius 3 is 2.88 bits per heavy atom. The highest BCUT2D eigenvalue weighted by Crippen LogP contribution is 2.31. The molecule has 0 aliphatic heterocycles. The summed E-state index contributed by atoms with van der Waals surface area (Å²) in [6.07, 6.45) is 0. The Balaban J connectivity index is 2.86. The van der Waals surface area contributed by atoms with Gasteiger partial charge in [0.15, 0.2) is 0 Å². The number of primary amides is 1. The minimum absolute atomic E-state index is 0.307. The second-order valence-electron chi connectivity index (χ2n) is 3.31. The highest BCUT2D eigenvalue weighted by Gasteiger charge is 2.21. The Hall–Kier alpha value is -0.590. The van der Waals surface area contributed by atoms with Crippen molar-refractivity contribution in [1.29, 1.82) is 0 Å². The van der Waals surface area contributed by atoms with Crippen LogP contribution in [0, 0.1) is 5.82 Å². The number of hydrogen-bond donors (Lipinski definition) is 1. The summed E-state index contributed by atoms with van der Waals surface area (Å²) in [6.45, 7) is 0.493. The Bertz CT molecular complexity index is 403. The second-order valence-corrected chi connectivity index (χ2v) is 5.44. The Labute approximate surface area is 112 Å². The van der Waals surface area contributed by atoms with E-state index in [2.05, 4.69) is 15.9 Å². The van der Waals surface area contributed by atoms with Crippen molar-refractivity contribution in [2.24, 2.45) is 5.73 Å². The molecule has 3 nitrogen and oxygen atoms in total. The fourth-order valence-electron chi connectivity index (χ4n) is 1.29. The van der Waals surface area contributed by atoms with Crippen LogP contribution in [0.15, 0.2) is 22.7 Å². The van der Waals surface area contributed by atoms with Crippen molar-refractivity contribution in [3.05, 3.63) is 34.1 Å². The van der Waals surface area contributed by atoms with Crippen molar-refractivity contribution in [3.63, 3.8) is 0 Å². The van der Waals surface area contributed by atoms with Gasteiger partial charge in [0, 0.05) is 22.9 Å². The van der Waals surface area contributed by atoms with Crippen LogP contribution in [0.3, 0.4) is 0 Å². The smallest absolute Gasteiger partial charge is 0.235 e. The fraction of sp³-hybridized carbons (Fsp3) is 0.364. The molecule has 0 aliphatic carbocycles. The number of ether oxygens (including phenoxy) is 1.